The number of amides is 1. The Morgan fingerprint density at radius 2 is 1.70 bits per heavy atom. The molecule has 1 aliphatic carbocycles. The predicted molar refractivity (Wildman–Crippen MR) is 121 cm³/mol. The van der Waals surface area contributed by atoms with E-state index in [0.717, 1.165) is 38.4 Å². The molecule has 2 aromatic rings. The lowest BCUT2D eigenvalue weighted by molar-refractivity contribution is -0.128. The van der Waals surface area contributed by atoms with E-state index in [1.54, 1.807) is 0 Å². The van der Waals surface area contributed by atoms with Crippen LogP contribution in [0, 0.1) is 11.8 Å². The highest BCUT2D eigenvalue weighted by Gasteiger charge is 2.30. The summed E-state index contributed by atoms with van der Waals surface area (Å²) in [6.45, 7) is 7.04. The van der Waals surface area contributed by atoms with Gasteiger partial charge in [-0.3, -0.25) is 14.5 Å². The van der Waals surface area contributed by atoms with Gasteiger partial charge >= 0.3 is 0 Å². The number of hydrogen-bond acceptors (Lipinski definition) is 4. The van der Waals surface area contributed by atoms with Crippen molar-refractivity contribution in [1.82, 2.24) is 4.90 Å². The number of ketones is 1. The molecule has 1 heterocycles. The fourth-order valence-electron chi connectivity index (χ4n) is 4.48. The van der Waals surface area contributed by atoms with Crippen molar-refractivity contribution in [3.05, 3.63) is 60.2 Å². The highest BCUT2D eigenvalue weighted by molar-refractivity contribution is 5.94. The van der Waals surface area contributed by atoms with Crippen LogP contribution in [0.4, 0.5) is 11.4 Å². The summed E-state index contributed by atoms with van der Waals surface area (Å²) >= 11 is 0. The van der Waals surface area contributed by atoms with Gasteiger partial charge in [0, 0.05) is 62.4 Å². The van der Waals surface area contributed by atoms with E-state index in [1.165, 1.54) is 11.3 Å². The first-order valence-electron chi connectivity index (χ1n) is 11.0. The van der Waals surface area contributed by atoms with Crippen molar-refractivity contribution in [2.24, 2.45) is 11.8 Å². The van der Waals surface area contributed by atoms with Crippen LogP contribution in [0.15, 0.2) is 54.6 Å². The van der Waals surface area contributed by atoms with Gasteiger partial charge in [-0.25, -0.2) is 0 Å². The fraction of sp³-hybridized carbons (Fsp3) is 0.440. The third kappa shape index (κ3) is 5.08. The molecule has 0 unspecified atom stereocenters. The minimum Gasteiger partial charge on any atom is -0.369 e. The van der Waals surface area contributed by atoms with Crippen LogP contribution in [-0.4, -0.2) is 42.8 Å². The molecule has 2 atom stereocenters. The number of hydrogen-bond donors (Lipinski definition) is 1. The maximum atomic E-state index is 12.6. The number of piperazine rings is 1. The lowest BCUT2D eigenvalue weighted by atomic mass is 9.81. The van der Waals surface area contributed by atoms with Crippen molar-refractivity contribution in [2.45, 2.75) is 32.7 Å². The number of carbonyl (C=O) groups excluding carboxylic acids is 2. The lowest BCUT2D eigenvalue weighted by Crippen LogP contribution is -2.45. The molecule has 0 aromatic heterocycles. The molecular formula is C25H31N3O2. The van der Waals surface area contributed by atoms with E-state index in [1.807, 2.05) is 19.1 Å². The largest absolute Gasteiger partial charge is 0.369 e. The van der Waals surface area contributed by atoms with Crippen LogP contribution in [0.1, 0.15) is 31.7 Å². The number of carbonyl (C=O) groups is 2. The van der Waals surface area contributed by atoms with Gasteiger partial charge in [-0.15, -0.1) is 0 Å². The number of rotatable bonds is 5. The van der Waals surface area contributed by atoms with Crippen LogP contribution in [0.3, 0.4) is 0 Å². The second-order valence-electron chi connectivity index (χ2n) is 8.62. The van der Waals surface area contributed by atoms with Gasteiger partial charge in [0.1, 0.15) is 5.78 Å². The summed E-state index contributed by atoms with van der Waals surface area (Å²) in [5.41, 5.74) is 3.39. The predicted octanol–water partition coefficient (Wildman–Crippen LogP) is 3.95. The Bertz CT molecular complexity index is 858. The second-order valence-corrected chi connectivity index (χ2v) is 8.62. The Kier molecular flexibility index (Phi) is 6.48. The Morgan fingerprint density at radius 3 is 2.37 bits per heavy atom. The molecule has 2 aromatic carbocycles. The van der Waals surface area contributed by atoms with Crippen molar-refractivity contribution in [2.75, 3.05) is 36.4 Å². The molecule has 0 radical (unpaired) electrons. The summed E-state index contributed by atoms with van der Waals surface area (Å²) in [5, 5.41) is 3.03. The van der Waals surface area contributed by atoms with Gasteiger partial charge in [0.2, 0.25) is 5.91 Å². The molecule has 1 saturated heterocycles. The monoisotopic (exact) mass is 405 g/mol. The van der Waals surface area contributed by atoms with Crippen molar-refractivity contribution in [3.63, 3.8) is 0 Å². The Hall–Kier alpha value is -2.66. The first kappa shape index (κ1) is 20.6. The van der Waals surface area contributed by atoms with Crippen molar-refractivity contribution in [3.8, 4) is 0 Å². The fourth-order valence-corrected chi connectivity index (χ4v) is 4.48. The Labute approximate surface area is 179 Å². The van der Waals surface area contributed by atoms with Crippen molar-refractivity contribution < 1.29 is 9.59 Å². The van der Waals surface area contributed by atoms with Gasteiger partial charge in [0.15, 0.2) is 0 Å². The van der Waals surface area contributed by atoms with Gasteiger partial charge in [-0.2, -0.15) is 0 Å². The third-order valence-electron chi connectivity index (χ3n) is 6.42. The zero-order chi connectivity index (χ0) is 20.9. The van der Waals surface area contributed by atoms with E-state index < -0.39 is 0 Å². The summed E-state index contributed by atoms with van der Waals surface area (Å²) in [4.78, 5) is 29.1. The first-order valence-corrected chi connectivity index (χ1v) is 11.0. The number of benzene rings is 2. The molecule has 1 amide bonds. The second kappa shape index (κ2) is 9.43. The quantitative estimate of drug-likeness (QED) is 0.818. The van der Waals surface area contributed by atoms with Crippen LogP contribution >= 0.6 is 0 Å². The van der Waals surface area contributed by atoms with Gasteiger partial charge in [0.25, 0.3) is 0 Å². The Balaban J connectivity index is 1.27. The normalized spacial score (nSPS) is 22.7. The van der Waals surface area contributed by atoms with Gasteiger partial charge in [-0.1, -0.05) is 37.3 Å². The van der Waals surface area contributed by atoms with E-state index >= 15 is 0 Å². The summed E-state index contributed by atoms with van der Waals surface area (Å²) in [6.07, 6.45) is 1.85. The maximum absolute atomic E-state index is 12.6. The smallest absolute Gasteiger partial charge is 0.227 e. The van der Waals surface area contributed by atoms with Crippen LogP contribution < -0.4 is 10.2 Å². The molecule has 1 saturated carbocycles. The molecule has 30 heavy (non-hydrogen) atoms. The van der Waals surface area contributed by atoms with Crippen LogP contribution in [0.25, 0.3) is 0 Å². The molecule has 0 bridgehead atoms. The van der Waals surface area contributed by atoms with E-state index in [-0.39, 0.29) is 23.5 Å². The zero-order valence-corrected chi connectivity index (χ0v) is 17.7. The van der Waals surface area contributed by atoms with Crippen molar-refractivity contribution >= 4 is 23.1 Å². The van der Waals surface area contributed by atoms with E-state index in [4.69, 9.17) is 0 Å². The summed E-state index contributed by atoms with van der Waals surface area (Å²) < 4.78 is 0. The number of nitrogens with one attached hydrogen (secondary N) is 1. The highest BCUT2D eigenvalue weighted by atomic mass is 16.2. The summed E-state index contributed by atoms with van der Waals surface area (Å²) in [7, 11) is 0. The highest BCUT2D eigenvalue weighted by Crippen LogP contribution is 2.28. The van der Waals surface area contributed by atoms with E-state index in [9.17, 15) is 9.59 Å². The molecule has 0 spiro atoms. The van der Waals surface area contributed by atoms with E-state index in [0.29, 0.717) is 19.3 Å². The van der Waals surface area contributed by atoms with E-state index in [2.05, 4.69) is 57.6 Å². The minimum absolute atomic E-state index is 0.00238. The zero-order valence-electron chi connectivity index (χ0n) is 17.7. The number of nitrogens with zero attached hydrogens (tertiary/aromatic N) is 2. The summed E-state index contributed by atoms with van der Waals surface area (Å²) in [5.74, 6) is 0.261. The maximum Gasteiger partial charge on any atom is 0.227 e. The third-order valence-corrected chi connectivity index (χ3v) is 6.42. The topological polar surface area (TPSA) is 52.7 Å². The molecular weight excluding hydrogens is 374 g/mol. The molecule has 1 aliphatic heterocycles. The summed E-state index contributed by atoms with van der Waals surface area (Å²) in [6, 6.07) is 18.8. The van der Waals surface area contributed by atoms with Crippen LogP contribution in [0.2, 0.25) is 0 Å². The van der Waals surface area contributed by atoms with Crippen LogP contribution in [-0.2, 0) is 16.1 Å². The molecule has 5 nitrogen and oxygen atoms in total. The molecule has 2 fully saturated rings. The lowest BCUT2D eigenvalue weighted by Gasteiger charge is -2.36. The molecule has 2 aliphatic rings. The van der Waals surface area contributed by atoms with Gasteiger partial charge in [0.05, 0.1) is 0 Å². The molecule has 158 valence electrons. The average Bonchev–Trinajstić information content (AvgIpc) is 2.77. The molecule has 4 rings (SSSR count). The first-order chi connectivity index (χ1) is 14.6. The van der Waals surface area contributed by atoms with Crippen LogP contribution in [0.5, 0.6) is 0 Å². The van der Waals surface area contributed by atoms with Gasteiger partial charge < -0.3 is 10.2 Å². The van der Waals surface area contributed by atoms with Crippen molar-refractivity contribution in [1.29, 1.82) is 0 Å². The van der Waals surface area contributed by atoms with Gasteiger partial charge in [-0.05, 0) is 42.7 Å². The minimum atomic E-state index is -0.0601. The number of Topliss-reactive ketones (excluding diaryl/α,β-unsaturated/α-hetero) is 1. The molecule has 1 N–H and O–H groups in total. The Morgan fingerprint density at radius 1 is 1.00 bits per heavy atom. The number of anilines is 2. The standard InChI is InChI=1S/C25H31N3O2/c1-19-17-21(7-12-24(19)29)25(30)26-22-8-10-23(11-9-22)28-15-13-27(14-16-28)18-20-5-3-2-4-6-20/h2-6,8-11,19,21H,7,12-18H2,1H3,(H,26,30)/t19-,21+/m0/s1. The SMILES string of the molecule is C[C@H]1C[C@H](C(=O)Nc2ccc(N3CCN(Cc4ccccc4)CC3)cc2)CCC1=O. The average molecular weight is 406 g/mol. The molecule has 5 heteroatoms.